The lowest BCUT2D eigenvalue weighted by Gasteiger charge is -2.29. The van der Waals surface area contributed by atoms with Crippen molar-refractivity contribution in [2.24, 2.45) is 5.92 Å². The average molecular weight is 480 g/mol. The lowest BCUT2D eigenvalue weighted by Crippen LogP contribution is -2.38. The van der Waals surface area contributed by atoms with Gasteiger partial charge in [0.25, 0.3) is 5.91 Å². The van der Waals surface area contributed by atoms with Crippen LogP contribution in [0.25, 0.3) is 11.0 Å². The van der Waals surface area contributed by atoms with Crippen molar-refractivity contribution in [1.29, 1.82) is 0 Å². The number of nitrogens with one attached hydrogen (secondary N) is 3. The standard InChI is InChI=1S/C23H25ClF3N5O/c1-12-9-13(2)29-21-19(12)20(31-32-21)28-11-14-3-6-16(7-4-14)30-22(33)17-10-15(23(25,26)27)5-8-18(17)24/h5,8-10,14,16H,3-4,6-7,11H2,1-2H3,(H,30,33)(H2,28,29,31,32). The Hall–Kier alpha value is -2.81. The first kappa shape index (κ1) is 23.4. The van der Waals surface area contributed by atoms with Gasteiger partial charge in [-0.2, -0.15) is 18.3 Å². The van der Waals surface area contributed by atoms with Crippen LogP contribution in [0.5, 0.6) is 0 Å². The van der Waals surface area contributed by atoms with E-state index in [0.29, 0.717) is 5.92 Å². The van der Waals surface area contributed by atoms with E-state index in [1.54, 1.807) is 0 Å². The zero-order valence-electron chi connectivity index (χ0n) is 18.3. The molecule has 6 nitrogen and oxygen atoms in total. The molecule has 176 valence electrons. The molecule has 1 amide bonds. The Labute approximate surface area is 194 Å². The molecule has 0 unspecified atom stereocenters. The first-order valence-electron chi connectivity index (χ1n) is 10.9. The summed E-state index contributed by atoms with van der Waals surface area (Å²) in [5, 5.41) is 14.6. The van der Waals surface area contributed by atoms with E-state index in [1.165, 1.54) is 0 Å². The van der Waals surface area contributed by atoms with Gasteiger partial charge in [-0.1, -0.05) is 11.6 Å². The number of pyridine rings is 1. The van der Waals surface area contributed by atoms with Gasteiger partial charge in [0.1, 0.15) is 0 Å². The second kappa shape index (κ2) is 9.21. The number of H-pyrrole nitrogens is 1. The van der Waals surface area contributed by atoms with E-state index in [4.69, 9.17) is 11.6 Å². The Morgan fingerprint density at radius 3 is 2.61 bits per heavy atom. The summed E-state index contributed by atoms with van der Waals surface area (Å²) in [5.74, 6) is 0.610. The van der Waals surface area contributed by atoms with Gasteiger partial charge in [-0.3, -0.25) is 9.89 Å². The van der Waals surface area contributed by atoms with Crippen LogP contribution in [0.3, 0.4) is 0 Å². The first-order valence-corrected chi connectivity index (χ1v) is 11.2. The number of carbonyl (C=O) groups is 1. The molecule has 33 heavy (non-hydrogen) atoms. The Morgan fingerprint density at radius 2 is 1.91 bits per heavy atom. The smallest absolute Gasteiger partial charge is 0.368 e. The van der Waals surface area contributed by atoms with Gasteiger partial charge in [-0.25, -0.2) is 4.98 Å². The van der Waals surface area contributed by atoms with E-state index < -0.39 is 17.6 Å². The fourth-order valence-electron chi connectivity index (χ4n) is 4.40. The largest absolute Gasteiger partial charge is 0.416 e. The molecular weight excluding hydrogens is 455 g/mol. The van der Waals surface area contributed by atoms with E-state index in [9.17, 15) is 18.0 Å². The second-order valence-electron chi connectivity index (χ2n) is 8.64. The van der Waals surface area contributed by atoms with Crippen LogP contribution >= 0.6 is 11.6 Å². The van der Waals surface area contributed by atoms with Crippen molar-refractivity contribution in [3.63, 3.8) is 0 Å². The Balaban J connectivity index is 1.31. The molecule has 0 atom stereocenters. The number of carbonyl (C=O) groups excluding carboxylic acids is 1. The van der Waals surface area contributed by atoms with Crippen LogP contribution in [0.1, 0.15) is 52.9 Å². The number of amides is 1. The van der Waals surface area contributed by atoms with Crippen molar-refractivity contribution < 1.29 is 18.0 Å². The number of rotatable bonds is 5. The number of hydrogen-bond acceptors (Lipinski definition) is 4. The van der Waals surface area contributed by atoms with Crippen LogP contribution in [0.2, 0.25) is 5.02 Å². The Bertz CT molecular complexity index is 1170. The summed E-state index contributed by atoms with van der Waals surface area (Å²) in [6, 6.07) is 4.71. The summed E-state index contributed by atoms with van der Waals surface area (Å²) in [7, 11) is 0. The highest BCUT2D eigenvalue weighted by Gasteiger charge is 2.32. The first-order chi connectivity index (χ1) is 15.6. The lowest BCUT2D eigenvalue weighted by atomic mass is 9.86. The van der Waals surface area contributed by atoms with Crippen molar-refractivity contribution >= 4 is 34.4 Å². The fourth-order valence-corrected chi connectivity index (χ4v) is 4.60. The molecule has 2 aromatic heterocycles. The molecule has 1 aromatic carbocycles. The minimum Gasteiger partial charge on any atom is -0.368 e. The van der Waals surface area contributed by atoms with Crippen molar-refractivity contribution in [2.75, 3.05) is 11.9 Å². The van der Waals surface area contributed by atoms with Gasteiger partial charge in [0.2, 0.25) is 0 Å². The van der Waals surface area contributed by atoms with Crippen molar-refractivity contribution in [3.8, 4) is 0 Å². The quantitative estimate of drug-likeness (QED) is 0.441. The zero-order chi connectivity index (χ0) is 23.8. The Kier molecular flexibility index (Phi) is 6.52. The van der Waals surface area contributed by atoms with E-state index in [-0.39, 0.29) is 16.6 Å². The summed E-state index contributed by atoms with van der Waals surface area (Å²) in [6.07, 6.45) is -1.27. The molecule has 0 aliphatic heterocycles. The third kappa shape index (κ3) is 5.24. The van der Waals surface area contributed by atoms with Crippen LogP contribution in [-0.2, 0) is 6.18 Å². The number of nitrogens with zero attached hydrogens (tertiary/aromatic N) is 2. The van der Waals surface area contributed by atoms with Crippen LogP contribution < -0.4 is 10.6 Å². The molecule has 4 rings (SSSR count). The van der Waals surface area contributed by atoms with Crippen LogP contribution in [0.15, 0.2) is 24.3 Å². The minimum absolute atomic E-state index is 0.00425. The molecule has 1 aliphatic rings. The number of alkyl halides is 3. The van der Waals surface area contributed by atoms with Gasteiger partial charge >= 0.3 is 6.18 Å². The highest BCUT2D eigenvalue weighted by molar-refractivity contribution is 6.33. The third-order valence-electron chi connectivity index (χ3n) is 6.13. The number of anilines is 1. The van der Waals surface area contributed by atoms with Crippen LogP contribution in [-0.4, -0.2) is 33.7 Å². The highest BCUT2D eigenvalue weighted by atomic mass is 35.5. The summed E-state index contributed by atoms with van der Waals surface area (Å²) in [5.41, 5.74) is 1.75. The van der Waals surface area contributed by atoms with Gasteiger partial charge in [0.15, 0.2) is 11.5 Å². The molecule has 3 aromatic rings. The number of halogens is 4. The van der Waals surface area contributed by atoms with E-state index in [1.807, 2.05) is 19.9 Å². The molecule has 1 fully saturated rings. The predicted molar refractivity (Wildman–Crippen MR) is 122 cm³/mol. The number of hydrogen-bond donors (Lipinski definition) is 3. The van der Waals surface area contributed by atoms with Gasteiger partial charge < -0.3 is 10.6 Å². The van der Waals surface area contributed by atoms with E-state index in [0.717, 1.165) is 78.5 Å². The maximum atomic E-state index is 13.0. The van der Waals surface area contributed by atoms with Crippen molar-refractivity contribution in [3.05, 3.63) is 51.7 Å². The van der Waals surface area contributed by atoms with Gasteiger partial charge in [-0.05, 0) is 75.3 Å². The van der Waals surface area contributed by atoms with Crippen molar-refractivity contribution in [1.82, 2.24) is 20.5 Å². The van der Waals surface area contributed by atoms with Crippen LogP contribution in [0, 0.1) is 19.8 Å². The minimum atomic E-state index is -4.53. The lowest BCUT2D eigenvalue weighted by molar-refractivity contribution is -0.137. The van der Waals surface area contributed by atoms with Crippen molar-refractivity contribution in [2.45, 2.75) is 51.7 Å². The average Bonchev–Trinajstić information content (AvgIpc) is 3.15. The van der Waals surface area contributed by atoms with E-state index in [2.05, 4.69) is 25.8 Å². The number of aryl methyl sites for hydroxylation is 2. The molecule has 0 spiro atoms. The van der Waals surface area contributed by atoms with E-state index >= 15 is 0 Å². The van der Waals surface area contributed by atoms with Gasteiger partial charge in [-0.15, -0.1) is 0 Å². The SMILES string of the molecule is Cc1cc(C)c2c(NCC3CCC(NC(=O)c4cc(C(F)(F)F)ccc4Cl)CC3)n[nH]c2n1. The number of fused-ring (bicyclic) bond motifs is 1. The molecule has 1 saturated carbocycles. The predicted octanol–water partition coefficient (Wildman–Crippen LogP) is 5.65. The van der Waals surface area contributed by atoms with Gasteiger partial charge in [0.05, 0.1) is 21.5 Å². The molecule has 2 heterocycles. The highest BCUT2D eigenvalue weighted by Crippen LogP contribution is 2.32. The zero-order valence-corrected chi connectivity index (χ0v) is 19.1. The third-order valence-corrected chi connectivity index (χ3v) is 6.46. The van der Waals surface area contributed by atoms with Gasteiger partial charge in [0, 0.05) is 18.3 Å². The number of aromatic nitrogens is 3. The fraction of sp³-hybridized carbons (Fsp3) is 0.435. The summed E-state index contributed by atoms with van der Waals surface area (Å²) in [4.78, 5) is 17.0. The summed E-state index contributed by atoms with van der Waals surface area (Å²) >= 11 is 5.98. The molecule has 0 saturated heterocycles. The molecular formula is C23H25ClF3N5O. The molecule has 10 heteroatoms. The summed E-state index contributed by atoms with van der Waals surface area (Å²) in [6.45, 7) is 4.72. The summed E-state index contributed by atoms with van der Waals surface area (Å²) < 4.78 is 38.9. The molecule has 1 aliphatic carbocycles. The molecule has 3 N–H and O–H groups in total. The number of benzene rings is 1. The number of aromatic amines is 1. The topological polar surface area (TPSA) is 82.7 Å². The second-order valence-corrected chi connectivity index (χ2v) is 9.05. The maximum absolute atomic E-state index is 13.0. The monoisotopic (exact) mass is 479 g/mol. The van der Waals surface area contributed by atoms with Crippen LogP contribution in [0.4, 0.5) is 19.0 Å². The molecule has 0 radical (unpaired) electrons. The normalized spacial score (nSPS) is 19.0. The molecule has 0 bridgehead atoms. The Morgan fingerprint density at radius 1 is 1.18 bits per heavy atom. The maximum Gasteiger partial charge on any atom is 0.416 e.